The maximum Gasteiger partial charge on any atom is 0.239 e. The second kappa shape index (κ2) is 5.03. The molecular formula is C11H15ClNO2P. The van der Waals surface area contributed by atoms with Gasteiger partial charge in [-0.3, -0.25) is 4.79 Å². The summed E-state index contributed by atoms with van der Waals surface area (Å²) in [4.78, 5) is 11.1. The fourth-order valence-corrected chi connectivity index (χ4v) is 2.95. The van der Waals surface area contributed by atoms with E-state index in [-0.39, 0.29) is 11.8 Å². The Hall–Kier alpha value is -0.790. The van der Waals surface area contributed by atoms with Crippen LogP contribution in [-0.4, -0.2) is 25.1 Å². The summed E-state index contributed by atoms with van der Waals surface area (Å²) < 4.78 is 11.9. The maximum atomic E-state index is 11.9. The fraction of sp³-hybridized carbons (Fsp3) is 0.364. The molecule has 0 aliphatic carbocycles. The lowest BCUT2D eigenvalue weighted by atomic mass is 10.2. The van der Waals surface area contributed by atoms with Gasteiger partial charge >= 0.3 is 0 Å². The van der Waals surface area contributed by atoms with Crippen LogP contribution in [0.4, 0.5) is 5.69 Å². The molecule has 1 rings (SSSR count). The van der Waals surface area contributed by atoms with Crippen molar-refractivity contribution < 1.29 is 9.36 Å². The molecule has 3 nitrogen and oxygen atoms in total. The number of benzene rings is 1. The molecule has 1 N–H and O–H groups in total. The van der Waals surface area contributed by atoms with Gasteiger partial charge in [0.15, 0.2) is 0 Å². The summed E-state index contributed by atoms with van der Waals surface area (Å²) in [6.45, 7) is 5.34. The standard InChI is InChI=1S/C11H15ClNO2P/c1-8-6-9(13-11(14)7-12)4-5-10(8)16(2,3)15/h4-6H,7H2,1-3H3,(H,13,14). The van der Waals surface area contributed by atoms with E-state index in [1.54, 1.807) is 31.5 Å². The summed E-state index contributed by atoms with van der Waals surface area (Å²) in [5, 5.41) is 3.49. The largest absolute Gasteiger partial charge is 0.325 e. The number of halogens is 1. The van der Waals surface area contributed by atoms with Crippen molar-refractivity contribution in [3.63, 3.8) is 0 Å². The molecule has 0 aromatic heterocycles. The first-order valence-corrected chi connectivity index (χ1v) is 8.00. The first kappa shape index (κ1) is 13.3. The van der Waals surface area contributed by atoms with Crippen molar-refractivity contribution in [3.8, 4) is 0 Å². The van der Waals surface area contributed by atoms with Gasteiger partial charge in [0.25, 0.3) is 0 Å². The number of alkyl halides is 1. The van der Waals surface area contributed by atoms with Gasteiger partial charge in [-0.25, -0.2) is 0 Å². The van der Waals surface area contributed by atoms with Crippen LogP contribution in [0.2, 0.25) is 0 Å². The molecule has 1 aromatic rings. The van der Waals surface area contributed by atoms with Crippen LogP contribution in [0.5, 0.6) is 0 Å². The molecular weight excluding hydrogens is 245 g/mol. The average molecular weight is 260 g/mol. The van der Waals surface area contributed by atoms with Crippen LogP contribution >= 0.6 is 18.7 Å². The van der Waals surface area contributed by atoms with Crippen LogP contribution < -0.4 is 10.6 Å². The lowest BCUT2D eigenvalue weighted by molar-refractivity contribution is -0.113. The zero-order valence-electron chi connectivity index (χ0n) is 9.58. The van der Waals surface area contributed by atoms with Gasteiger partial charge in [0.1, 0.15) is 13.0 Å². The van der Waals surface area contributed by atoms with Crippen molar-refractivity contribution in [2.24, 2.45) is 0 Å². The molecule has 0 radical (unpaired) electrons. The lowest BCUT2D eigenvalue weighted by Gasteiger charge is -2.12. The number of hydrogen-bond acceptors (Lipinski definition) is 2. The van der Waals surface area contributed by atoms with E-state index in [0.29, 0.717) is 5.69 Å². The first-order valence-electron chi connectivity index (χ1n) is 4.86. The minimum absolute atomic E-state index is 0.0686. The van der Waals surface area contributed by atoms with Crippen LogP contribution in [0.25, 0.3) is 0 Å². The molecule has 0 saturated carbocycles. The normalized spacial score (nSPS) is 11.2. The maximum absolute atomic E-state index is 11.9. The monoisotopic (exact) mass is 259 g/mol. The summed E-state index contributed by atoms with van der Waals surface area (Å²) in [5.74, 6) is -0.314. The third-order valence-electron chi connectivity index (χ3n) is 2.18. The molecule has 0 unspecified atom stereocenters. The van der Waals surface area contributed by atoms with E-state index in [2.05, 4.69) is 5.32 Å². The summed E-state index contributed by atoms with van der Waals surface area (Å²) >= 11 is 5.39. The molecule has 0 spiro atoms. The number of carbonyl (C=O) groups excluding carboxylic acids is 1. The van der Waals surface area contributed by atoms with Crippen molar-refractivity contribution in [1.29, 1.82) is 0 Å². The Morgan fingerprint density at radius 1 is 1.44 bits per heavy atom. The van der Waals surface area contributed by atoms with Gasteiger partial charge in [-0.15, -0.1) is 11.6 Å². The number of hydrogen-bond donors (Lipinski definition) is 1. The lowest BCUT2D eigenvalue weighted by Crippen LogP contribution is -2.14. The van der Waals surface area contributed by atoms with Gasteiger partial charge < -0.3 is 9.88 Å². The van der Waals surface area contributed by atoms with Crippen LogP contribution in [0, 0.1) is 6.92 Å². The SMILES string of the molecule is Cc1cc(NC(=O)CCl)ccc1P(C)(C)=O. The number of rotatable bonds is 3. The van der Waals surface area contributed by atoms with E-state index in [1.165, 1.54) is 0 Å². The molecule has 0 fully saturated rings. The summed E-state index contributed by atoms with van der Waals surface area (Å²) in [5.41, 5.74) is 1.60. The number of anilines is 1. The van der Waals surface area contributed by atoms with Crippen LogP contribution in [0.3, 0.4) is 0 Å². The summed E-state index contributed by atoms with van der Waals surface area (Å²) in [7, 11) is -2.26. The Kier molecular flexibility index (Phi) is 4.17. The quantitative estimate of drug-likeness (QED) is 0.669. The first-order chi connectivity index (χ1) is 7.34. The van der Waals surface area contributed by atoms with Crippen molar-refractivity contribution in [2.75, 3.05) is 24.5 Å². The predicted molar refractivity (Wildman–Crippen MR) is 69.6 cm³/mol. The van der Waals surface area contributed by atoms with Gasteiger partial charge in [-0.2, -0.15) is 0 Å². The Balaban J connectivity index is 3.00. The zero-order valence-corrected chi connectivity index (χ0v) is 11.2. The number of aryl methyl sites for hydroxylation is 1. The van der Waals surface area contributed by atoms with Gasteiger partial charge in [-0.1, -0.05) is 0 Å². The molecule has 1 amide bonds. The minimum atomic E-state index is -2.26. The van der Waals surface area contributed by atoms with Crippen molar-refractivity contribution >= 4 is 35.6 Å². The predicted octanol–water partition coefficient (Wildman–Crippen LogP) is 2.42. The van der Waals surface area contributed by atoms with E-state index >= 15 is 0 Å². The highest BCUT2D eigenvalue weighted by Gasteiger charge is 2.14. The third-order valence-corrected chi connectivity index (χ3v) is 4.09. The second-order valence-electron chi connectivity index (χ2n) is 4.03. The van der Waals surface area contributed by atoms with E-state index in [9.17, 15) is 9.36 Å². The van der Waals surface area contributed by atoms with E-state index in [4.69, 9.17) is 11.6 Å². The Morgan fingerprint density at radius 2 is 2.06 bits per heavy atom. The topological polar surface area (TPSA) is 46.2 Å². The van der Waals surface area contributed by atoms with Crippen LogP contribution in [0.15, 0.2) is 18.2 Å². The molecule has 0 atom stereocenters. The Bertz CT molecular complexity index is 453. The minimum Gasteiger partial charge on any atom is -0.325 e. The molecule has 0 bridgehead atoms. The van der Waals surface area contributed by atoms with Gasteiger partial charge in [0.2, 0.25) is 5.91 Å². The Morgan fingerprint density at radius 3 is 2.50 bits per heavy atom. The Labute approximate surface area is 101 Å². The molecule has 0 aliphatic rings. The highest BCUT2D eigenvalue weighted by Crippen LogP contribution is 2.36. The van der Waals surface area contributed by atoms with Crippen molar-refractivity contribution in [1.82, 2.24) is 0 Å². The van der Waals surface area contributed by atoms with E-state index < -0.39 is 7.14 Å². The third kappa shape index (κ3) is 3.36. The molecule has 1 aromatic carbocycles. The second-order valence-corrected chi connectivity index (χ2v) is 7.48. The average Bonchev–Trinajstić information content (AvgIpc) is 2.15. The molecule has 0 aliphatic heterocycles. The van der Waals surface area contributed by atoms with Crippen molar-refractivity contribution in [3.05, 3.63) is 23.8 Å². The van der Waals surface area contributed by atoms with Gasteiger partial charge in [0.05, 0.1) is 0 Å². The molecule has 88 valence electrons. The van der Waals surface area contributed by atoms with Gasteiger partial charge in [0, 0.05) is 11.0 Å². The number of nitrogens with one attached hydrogen (secondary N) is 1. The zero-order chi connectivity index (χ0) is 12.3. The molecule has 0 heterocycles. The molecule has 0 saturated heterocycles. The highest BCUT2D eigenvalue weighted by molar-refractivity contribution is 7.70. The number of amides is 1. The highest BCUT2D eigenvalue weighted by atomic mass is 35.5. The van der Waals surface area contributed by atoms with E-state index in [1.807, 2.05) is 6.92 Å². The van der Waals surface area contributed by atoms with Gasteiger partial charge in [-0.05, 0) is 44.0 Å². The smallest absolute Gasteiger partial charge is 0.239 e. The van der Waals surface area contributed by atoms with Crippen LogP contribution in [0.1, 0.15) is 5.56 Å². The van der Waals surface area contributed by atoms with Crippen molar-refractivity contribution in [2.45, 2.75) is 6.92 Å². The summed E-state index contributed by atoms with van der Waals surface area (Å²) in [6.07, 6.45) is 0. The van der Waals surface area contributed by atoms with Crippen LogP contribution in [-0.2, 0) is 9.36 Å². The summed E-state index contributed by atoms with van der Waals surface area (Å²) in [6, 6.07) is 5.34. The van der Waals surface area contributed by atoms with E-state index in [0.717, 1.165) is 10.9 Å². The fourth-order valence-electron chi connectivity index (χ4n) is 1.53. The molecule has 5 heteroatoms. The number of carbonyl (C=O) groups is 1. The molecule has 16 heavy (non-hydrogen) atoms.